The van der Waals surface area contributed by atoms with Crippen LogP contribution in [0.25, 0.3) is 0 Å². The summed E-state index contributed by atoms with van der Waals surface area (Å²) in [6.45, 7) is 2.55. The summed E-state index contributed by atoms with van der Waals surface area (Å²) in [5.41, 5.74) is 6.63. The van der Waals surface area contributed by atoms with Crippen LogP contribution in [0, 0.1) is 12.3 Å². The zero-order valence-corrected chi connectivity index (χ0v) is 11.1. The molecule has 1 saturated carbocycles. The van der Waals surface area contributed by atoms with Gasteiger partial charge in [-0.05, 0) is 37.5 Å². The molecule has 0 spiro atoms. The van der Waals surface area contributed by atoms with Crippen LogP contribution in [0.3, 0.4) is 0 Å². The van der Waals surface area contributed by atoms with Crippen molar-refractivity contribution < 1.29 is 9.94 Å². The van der Waals surface area contributed by atoms with E-state index in [0.29, 0.717) is 18.1 Å². The van der Waals surface area contributed by atoms with E-state index in [4.69, 9.17) is 27.3 Å². The lowest BCUT2D eigenvalue weighted by Crippen LogP contribution is -2.22. The number of halogens is 1. The predicted octanol–water partition coefficient (Wildman–Crippen LogP) is 2.94. The number of nitrogens with zero attached hydrogens (tertiary/aromatic N) is 1. The van der Waals surface area contributed by atoms with Gasteiger partial charge in [-0.3, -0.25) is 0 Å². The van der Waals surface area contributed by atoms with Crippen LogP contribution in [0.2, 0.25) is 5.02 Å². The largest absolute Gasteiger partial charge is 0.493 e. The van der Waals surface area contributed by atoms with Gasteiger partial charge in [0.15, 0.2) is 0 Å². The summed E-state index contributed by atoms with van der Waals surface area (Å²) in [5, 5.41) is 12.3. The van der Waals surface area contributed by atoms with Gasteiger partial charge < -0.3 is 15.7 Å². The molecule has 0 heterocycles. The number of hydrogen-bond donors (Lipinski definition) is 2. The Labute approximate surface area is 111 Å². The minimum Gasteiger partial charge on any atom is -0.493 e. The van der Waals surface area contributed by atoms with Crippen LogP contribution in [0.5, 0.6) is 5.75 Å². The molecule has 0 amide bonds. The SMILES string of the molecule is Cc1ccc(Cl)cc1OCC1(CC(N)=NO)CC1. The fourth-order valence-electron chi connectivity index (χ4n) is 1.93. The number of oxime groups is 1. The standard InChI is InChI=1S/C13H17ClN2O2/c1-9-2-3-10(14)6-11(9)18-8-13(4-5-13)7-12(15)16-17/h2-3,6,17H,4-5,7-8H2,1H3,(H2,15,16). The lowest BCUT2D eigenvalue weighted by molar-refractivity contribution is 0.235. The maximum atomic E-state index is 8.60. The van der Waals surface area contributed by atoms with Gasteiger partial charge in [0.25, 0.3) is 0 Å². The van der Waals surface area contributed by atoms with E-state index in [0.717, 1.165) is 24.2 Å². The first kappa shape index (κ1) is 13.0. The Bertz CT molecular complexity index is 470. The third-order valence-electron chi connectivity index (χ3n) is 3.33. The van der Waals surface area contributed by atoms with Crippen molar-refractivity contribution in [2.45, 2.75) is 26.2 Å². The van der Waals surface area contributed by atoms with Crippen LogP contribution < -0.4 is 10.5 Å². The molecule has 0 unspecified atom stereocenters. The zero-order valence-electron chi connectivity index (χ0n) is 10.3. The predicted molar refractivity (Wildman–Crippen MR) is 71.4 cm³/mol. The van der Waals surface area contributed by atoms with Gasteiger partial charge in [-0.15, -0.1) is 0 Å². The van der Waals surface area contributed by atoms with Crippen molar-refractivity contribution in [3.05, 3.63) is 28.8 Å². The molecule has 0 aliphatic heterocycles. The van der Waals surface area contributed by atoms with Crippen molar-refractivity contribution in [1.29, 1.82) is 0 Å². The van der Waals surface area contributed by atoms with Crippen LogP contribution in [0.15, 0.2) is 23.4 Å². The molecule has 0 bridgehead atoms. The first-order chi connectivity index (χ1) is 8.54. The fraction of sp³-hybridized carbons (Fsp3) is 0.462. The van der Waals surface area contributed by atoms with Crippen LogP contribution in [-0.4, -0.2) is 17.6 Å². The number of nitrogens with two attached hydrogens (primary N) is 1. The second-order valence-electron chi connectivity index (χ2n) is 4.97. The molecule has 1 aliphatic carbocycles. The second-order valence-corrected chi connectivity index (χ2v) is 5.40. The van der Waals surface area contributed by atoms with Gasteiger partial charge in [0.05, 0.1) is 6.61 Å². The molecule has 1 aliphatic rings. The molecule has 1 aromatic rings. The highest BCUT2D eigenvalue weighted by atomic mass is 35.5. The highest BCUT2D eigenvalue weighted by Gasteiger charge is 2.44. The lowest BCUT2D eigenvalue weighted by Gasteiger charge is -2.16. The van der Waals surface area contributed by atoms with Crippen LogP contribution >= 0.6 is 11.6 Å². The van der Waals surface area contributed by atoms with Gasteiger partial charge in [0.1, 0.15) is 11.6 Å². The molecule has 3 N–H and O–H groups in total. The van der Waals surface area contributed by atoms with Crippen LogP contribution in [-0.2, 0) is 0 Å². The Balaban J connectivity index is 1.97. The maximum Gasteiger partial charge on any atom is 0.139 e. The van der Waals surface area contributed by atoms with Gasteiger partial charge in [-0.2, -0.15) is 0 Å². The van der Waals surface area contributed by atoms with Gasteiger partial charge >= 0.3 is 0 Å². The molecule has 0 aromatic heterocycles. The molecule has 0 radical (unpaired) electrons. The summed E-state index contributed by atoms with van der Waals surface area (Å²) < 4.78 is 5.81. The number of amidine groups is 1. The topological polar surface area (TPSA) is 67.8 Å². The summed E-state index contributed by atoms with van der Waals surface area (Å²) in [4.78, 5) is 0. The summed E-state index contributed by atoms with van der Waals surface area (Å²) >= 11 is 5.94. The summed E-state index contributed by atoms with van der Waals surface area (Å²) in [6.07, 6.45) is 2.66. The van der Waals surface area contributed by atoms with E-state index in [2.05, 4.69) is 5.16 Å². The average Bonchev–Trinajstić information content (AvgIpc) is 3.10. The highest BCUT2D eigenvalue weighted by Crippen LogP contribution is 2.49. The number of rotatable bonds is 5. The number of aryl methyl sites for hydroxylation is 1. The zero-order chi connectivity index (χ0) is 13.2. The van der Waals surface area contributed by atoms with E-state index in [1.165, 1.54) is 0 Å². The van der Waals surface area contributed by atoms with Gasteiger partial charge in [-0.1, -0.05) is 22.8 Å². The number of benzene rings is 1. The van der Waals surface area contributed by atoms with Crippen molar-refractivity contribution in [3.8, 4) is 5.75 Å². The van der Waals surface area contributed by atoms with Crippen molar-refractivity contribution in [1.82, 2.24) is 0 Å². The third-order valence-corrected chi connectivity index (χ3v) is 3.56. The van der Waals surface area contributed by atoms with E-state index in [-0.39, 0.29) is 11.3 Å². The van der Waals surface area contributed by atoms with E-state index < -0.39 is 0 Å². The van der Waals surface area contributed by atoms with Crippen molar-refractivity contribution in [2.75, 3.05) is 6.61 Å². The van der Waals surface area contributed by atoms with E-state index >= 15 is 0 Å². The monoisotopic (exact) mass is 268 g/mol. The van der Waals surface area contributed by atoms with E-state index in [9.17, 15) is 0 Å². The molecule has 0 atom stereocenters. The Hall–Kier alpha value is -1.42. The van der Waals surface area contributed by atoms with Crippen molar-refractivity contribution in [3.63, 3.8) is 0 Å². The maximum absolute atomic E-state index is 8.60. The number of hydrogen-bond acceptors (Lipinski definition) is 3. The molecule has 1 aromatic carbocycles. The summed E-state index contributed by atoms with van der Waals surface area (Å²) in [5.74, 6) is 1.06. The van der Waals surface area contributed by atoms with E-state index in [1.807, 2.05) is 25.1 Å². The molecule has 0 saturated heterocycles. The second kappa shape index (κ2) is 5.06. The van der Waals surface area contributed by atoms with Gasteiger partial charge in [0, 0.05) is 16.9 Å². The Kier molecular flexibility index (Phi) is 3.66. The Morgan fingerprint density at radius 3 is 2.89 bits per heavy atom. The first-order valence-electron chi connectivity index (χ1n) is 5.90. The molecule has 2 rings (SSSR count). The normalized spacial score (nSPS) is 17.6. The molecular formula is C13H17ClN2O2. The van der Waals surface area contributed by atoms with Crippen LogP contribution in [0.1, 0.15) is 24.8 Å². The average molecular weight is 269 g/mol. The number of ether oxygens (including phenoxy) is 1. The minimum atomic E-state index is 0.0328. The molecule has 18 heavy (non-hydrogen) atoms. The van der Waals surface area contributed by atoms with Gasteiger partial charge in [0.2, 0.25) is 0 Å². The Morgan fingerprint density at radius 1 is 1.56 bits per heavy atom. The summed E-state index contributed by atoms with van der Waals surface area (Å²) in [6, 6.07) is 5.59. The quantitative estimate of drug-likeness (QED) is 0.373. The van der Waals surface area contributed by atoms with E-state index in [1.54, 1.807) is 0 Å². The molecular weight excluding hydrogens is 252 g/mol. The van der Waals surface area contributed by atoms with Crippen molar-refractivity contribution in [2.24, 2.45) is 16.3 Å². The molecule has 4 nitrogen and oxygen atoms in total. The lowest BCUT2D eigenvalue weighted by atomic mass is 10.0. The van der Waals surface area contributed by atoms with Gasteiger partial charge in [-0.25, -0.2) is 0 Å². The highest BCUT2D eigenvalue weighted by molar-refractivity contribution is 6.30. The molecule has 5 heteroatoms. The fourth-order valence-corrected chi connectivity index (χ4v) is 2.09. The third kappa shape index (κ3) is 3.07. The van der Waals surface area contributed by atoms with Crippen molar-refractivity contribution >= 4 is 17.4 Å². The summed E-state index contributed by atoms with van der Waals surface area (Å²) in [7, 11) is 0. The Morgan fingerprint density at radius 2 is 2.28 bits per heavy atom. The molecule has 1 fully saturated rings. The first-order valence-corrected chi connectivity index (χ1v) is 6.28. The smallest absolute Gasteiger partial charge is 0.139 e. The minimum absolute atomic E-state index is 0.0328. The van der Waals surface area contributed by atoms with Crippen LogP contribution in [0.4, 0.5) is 0 Å². The molecule has 98 valence electrons.